The molecule has 21 heavy (non-hydrogen) atoms. The maximum absolute atomic E-state index is 11.4. The highest BCUT2D eigenvalue weighted by atomic mass is 32.2. The molecule has 0 aliphatic heterocycles. The molecule has 0 heterocycles. The van der Waals surface area contributed by atoms with Gasteiger partial charge in [0.1, 0.15) is 0 Å². The maximum Gasteiger partial charge on any atom is 0.269 e. The van der Waals surface area contributed by atoms with Crippen molar-refractivity contribution in [3.8, 4) is 0 Å². The third kappa shape index (κ3) is 4.68. The second kappa shape index (κ2) is 6.40. The molecule has 1 aliphatic rings. The van der Waals surface area contributed by atoms with Crippen LogP contribution in [0.4, 0.5) is 11.4 Å². The monoisotopic (exact) mass is 313 g/mol. The zero-order valence-electron chi connectivity index (χ0n) is 11.8. The third-order valence-electron chi connectivity index (χ3n) is 3.56. The van der Waals surface area contributed by atoms with Crippen molar-refractivity contribution in [3.63, 3.8) is 0 Å². The minimum absolute atomic E-state index is 0.00469. The average Bonchev–Trinajstić information content (AvgIpc) is 2.40. The maximum atomic E-state index is 11.4. The van der Waals surface area contributed by atoms with Gasteiger partial charge in [-0.1, -0.05) is 12.8 Å². The van der Waals surface area contributed by atoms with Crippen molar-refractivity contribution < 1.29 is 13.3 Å². The Hall–Kier alpha value is -1.67. The van der Waals surface area contributed by atoms with Gasteiger partial charge in [0.15, 0.2) is 0 Å². The van der Waals surface area contributed by atoms with E-state index in [4.69, 9.17) is 0 Å². The lowest BCUT2D eigenvalue weighted by Gasteiger charge is -2.32. The normalized spacial score (nSPS) is 22.7. The fourth-order valence-electron chi connectivity index (χ4n) is 2.61. The average molecular weight is 313 g/mol. The van der Waals surface area contributed by atoms with Crippen molar-refractivity contribution in [1.82, 2.24) is 4.72 Å². The second-order valence-electron chi connectivity index (χ2n) is 5.34. The number of nitro benzene ring substituents is 1. The Balaban J connectivity index is 2.06. The molecule has 0 saturated heterocycles. The smallest absolute Gasteiger partial charge is 0.269 e. The van der Waals surface area contributed by atoms with E-state index >= 15 is 0 Å². The van der Waals surface area contributed by atoms with Gasteiger partial charge < -0.3 is 5.32 Å². The van der Waals surface area contributed by atoms with Gasteiger partial charge in [0, 0.05) is 29.9 Å². The summed E-state index contributed by atoms with van der Waals surface area (Å²) >= 11 is 0. The van der Waals surface area contributed by atoms with E-state index in [9.17, 15) is 18.5 Å². The molecule has 0 spiro atoms. The van der Waals surface area contributed by atoms with Crippen molar-refractivity contribution in [3.05, 3.63) is 34.4 Å². The number of non-ortho nitro benzene ring substituents is 1. The summed E-state index contributed by atoms with van der Waals surface area (Å²) in [4.78, 5) is 10.2. The number of hydrogen-bond donors (Lipinski definition) is 2. The van der Waals surface area contributed by atoms with Gasteiger partial charge in [0.2, 0.25) is 10.0 Å². The molecule has 0 radical (unpaired) electrons. The first-order valence-electron chi connectivity index (χ1n) is 6.83. The Labute approximate surface area is 123 Å². The molecule has 0 bridgehead atoms. The second-order valence-corrected chi connectivity index (χ2v) is 7.12. The van der Waals surface area contributed by atoms with Crippen molar-refractivity contribution in [1.29, 1.82) is 0 Å². The molecule has 2 rings (SSSR count). The van der Waals surface area contributed by atoms with E-state index in [-0.39, 0.29) is 17.8 Å². The summed E-state index contributed by atoms with van der Waals surface area (Å²) in [6, 6.07) is 6.00. The molecule has 8 heteroatoms. The Morgan fingerprint density at radius 1 is 1.14 bits per heavy atom. The SMILES string of the molecule is CS(=O)(=O)N[C@H]1CCCC[C@@H]1Nc1ccc([N+](=O)[O-])cc1. The van der Waals surface area contributed by atoms with Crippen LogP contribution in [0.2, 0.25) is 0 Å². The van der Waals surface area contributed by atoms with Crippen LogP contribution >= 0.6 is 0 Å². The van der Waals surface area contributed by atoms with E-state index in [1.54, 1.807) is 12.1 Å². The van der Waals surface area contributed by atoms with E-state index in [1.807, 2.05) is 0 Å². The predicted molar refractivity (Wildman–Crippen MR) is 80.7 cm³/mol. The van der Waals surface area contributed by atoms with Gasteiger partial charge >= 0.3 is 0 Å². The van der Waals surface area contributed by atoms with Gasteiger partial charge in [-0.25, -0.2) is 13.1 Å². The summed E-state index contributed by atoms with van der Waals surface area (Å²) in [5.41, 5.74) is 0.794. The van der Waals surface area contributed by atoms with Crippen LogP contribution in [-0.4, -0.2) is 31.7 Å². The van der Waals surface area contributed by atoms with Crippen molar-refractivity contribution in [2.45, 2.75) is 37.8 Å². The minimum atomic E-state index is -3.25. The number of hydrogen-bond acceptors (Lipinski definition) is 5. The highest BCUT2D eigenvalue weighted by Gasteiger charge is 2.27. The summed E-state index contributed by atoms with van der Waals surface area (Å²) in [6.07, 6.45) is 4.84. The van der Waals surface area contributed by atoms with Crippen LogP contribution in [0.5, 0.6) is 0 Å². The number of nitrogens with zero attached hydrogens (tertiary/aromatic N) is 1. The van der Waals surface area contributed by atoms with Gasteiger partial charge in [-0.2, -0.15) is 0 Å². The zero-order valence-corrected chi connectivity index (χ0v) is 12.6. The van der Waals surface area contributed by atoms with E-state index in [2.05, 4.69) is 10.0 Å². The first-order chi connectivity index (χ1) is 9.85. The van der Waals surface area contributed by atoms with Gasteiger partial charge in [0.05, 0.1) is 11.2 Å². The number of nitro groups is 1. The molecule has 1 saturated carbocycles. The van der Waals surface area contributed by atoms with Gasteiger partial charge in [-0.15, -0.1) is 0 Å². The molecular weight excluding hydrogens is 294 g/mol. The van der Waals surface area contributed by atoms with Gasteiger partial charge in [0.25, 0.3) is 5.69 Å². The standard InChI is InChI=1S/C13H19N3O4S/c1-21(19,20)15-13-5-3-2-4-12(13)14-10-6-8-11(9-7-10)16(17)18/h6-9,12-15H,2-5H2,1H3/t12-,13-/m0/s1. The Morgan fingerprint density at radius 3 is 2.24 bits per heavy atom. The molecule has 2 N–H and O–H groups in total. The molecule has 1 aliphatic carbocycles. The largest absolute Gasteiger partial charge is 0.381 e. The minimum Gasteiger partial charge on any atom is -0.381 e. The van der Waals surface area contributed by atoms with E-state index in [0.717, 1.165) is 37.6 Å². The Bertz CT molecular complexity index is 600. The van der Waals surface area contributed by atoms with Crippen LogP contribution in [-0.2, 0) is 10.0 Å². The van der Waals surface area contributed by atoms with Crippen LogP contribution in [0, 0.1) is 10.1 Å². The fraction of sp³-hybridized carbons (Fsp3) is 0.538. The summed E-state index contributed by atoms with van der Waals surface area (Å²) < 4.78 is 25.5. The third-order valence-corrected chi connectivity index (χ3v) is 4.29. The molecule has 116 valence electrons. The highest BCUT2D eigenvalue weighted by molar-refractivity contribution is 7.88. The number of anilines is 1. The predicted octanol–water partition coefficient (Wildman–Crippen LogP) is 1.87. The quantitative estimate of drug-likeness (QED) is 0.638. The van der Waals surface area contributed by atoms with Crippen molar-refractivity contribution >= 4 is 21.4 Å². The lowest BCUT2D eigenvalue weighted by atomic mass is 9.91. The zero-order chi connectivity index (χ0) is 15.5. The first-order valence-corrected chi connectivity index (χ1v) is 8.72. The summed E-state index contributed by atoms with van der Waals surface area (Å²) in [5.74, 6) is 0. The number of benzene rings is 1. The molecule has 0 unspecified atom stereocenters. The summed E-state index contributed by atoms with van der Waals surface area (Å²) in [5, 5.41) is 13.9. The van der Waals surface area contributed by atoms with E-state index < -0.39 is 14.9 Å². The van der Waals surface area contributed by atoms with Gasteiger partial charge in [-0.05, 0) is 25.0 Å². The summed E-state index contributed by atoms with van der Waals surface area (Å²) in [7, 11) is -3.25. The summed E-state index contributed by atoms with van der Waals surface area (Å²) in [6.45, 7) is 0. The molecule has 1 fully saturated rings. The molecule has 1 aromatic carbocycles. The van der Waals surface area contributed by atoms with E-state index in [1.165, 1.54) is 12.1 Å². The molecule has 2 atom stereocenters. The molecule has 7 nitrogen and oxygen atoms in total. The lowest BCUT2D eigenvalue weighted by molar-refractivity contribution is -0.384. The number of rotatable bonds is 5. The van der Waals surface area contributed by atoms with Crippen molar-refractivity contribution in [2.24, 2.45) is 0 Å². The first kappa shape index (κ1) is 15.7. The molecule has 1 aromatic rings. The molecular formula is C13H19N3O4S. The van der Waals surface area contributed by atoms with Crippen molar-refractivity contribution in [2.75, 3.05) is 11.6 Å². The van der Waals surface area contributed by atoms with Gasteiger partial charge in [-0.3, -0.25) is 10.1 Å². The van der Waals surface area contributed by atoms with Crippen LogP contribution in [0.3, 0.4) is 0 Å². The molecule has 0 aromatic heterocycles. The number of nitrogens with one attached hydrogen (secondary N) is 2. The molecule has 0 amide bonds. The topological polar surface area (TPSA) is 101 Å². The Morgan fingerprint density at radius 2 is 1.71 bits per heavy atom. The highest BCUT2D eigenvalue weighted by Crippen LogP contribution is 2.24. The van der Waals surface area contributed by atoms with E-state index in [0.29, 0.717) is 0 Å². The van der Waals surface area contributed by atoms with Crippen LogP contribution in [0.1, 0.15) is 25.7 Å². The van der Waals surface area contributed by atoms with Crippen LogP contribution in [0.25, 0.3) is 0 Å². The fourth-order valence-corrected chi connectivity index (χ4v) is 3.45. The van der Waals surface area contributed by atoms with Crippen LogP contribution in [0.15, 0.2) is 24.3 Å². The van der Waals surface area contributed by atoms with Crippen LogP contribution < -0.4 is 10.0 Å². The lowest BCUT2D eigenvalue weighted by Crippen LogP contribution is -2.48. The number of sulfonamides is 1. The Kier molecular flexibility index (Phi) is 4.79.